The minimum absolute atomic E-state index is 0.0283. The first-order chi connectivity index (χ1) is 10.6. The van der Waals surface area contributed by atoms with E-state index in [9.17, 15) is 9.90 Å². The molecule has 0 aromatic carbocycles. The molecule has 4 heteroatoms. The van der Waals surface area contributed by atoms with Crippen LogP contribution in [0.3, 0.4) is 0 Å². The number of aliphatic hydroxyl groups is 1. The molecule has 22 heavy (non-hydrogen) atoms. The number of hydrogen-bond acceptors (Lipinski definition) is 4. The predicted molar refractivity (Wildman–Crippen MR) is 83.4 cm³/mol. The first-order valence-corrected chi connectivity index (χ1v) is 9.15. The van der Waals surface area contributed by atoms with Crippen molar-refractivity contribution in [1.82, 2.24) is 0 Å². The van der Waals surface area contributed by atoms with Crippen LogP contribution >= 0.6 is 0 Å². The van der Waals surface area contributed by atoms with Gasteiger partial charge in [-0.1, -0.05) is 32.6 Å². The van der Waals surface area contributed by atoms with E-state index < -0.39 is 18.0 Å². The minimum Gasteiger partial charge on any atom is -0.392 e. The molecule has 1 N–H and O–H groups in total. The average molecular weight is 310 g/mol. The Morgan fingerprint density at radius 1 is 1.09 bits per heavy atom. The molecular weight excluding hydrogens is 280 g/mol. The highest BCUT2D eigenvalue weighted by molar-refractivity contribution is 5.86. The second-order valence-corrected chi connectivity index (χ2v) is 7.47. The molecular formula is C18H30O4. The molecule has 1 aliphatic heterocycles. The summed E-state index contributed by atoms with van der Waals surface area (Å²) in [6.07, 6.45) is 9.94. The maximum atomic E-state index is 12.7. The first-order valence-electron chi connectivity index (χ1n) is 9.15. The third kappa shape index (κ3) is 3.39. The summed E-state index contributed by atoms with van der Waals surface area (Å²) in [6, 6.07) is 0. The molecule has 0 aromatic rings. The first kappa shape index (κ1) is 16.4. The molecule has 0 radical (unpaired) electrons. The van der Waals surface area contributed by atoms with Crippen molar-refractivity contribution in [3.05, 3.63) is 0 Å². The Bertz CT molecular complexity index is 379. The Morgan fingerprint density at radius 3 is 2.41 bits per heavy atom. The highest BCUT2D eigenvalue weighted by atomic mass is 16.7. The fourth-order valence-corrected chi connectivity index (χ4v) is 4.39. The topological polar surface area (TPSA) is 55.8 Å². The lowest BCUT2D eigenvalue weighted by Crippen LogP contribution is -2.41. The van der Waals surface area contributed by atoms with E-state index in [1.807, 2.05) is 6.92 Å². The number of aliphatic hydroxyl groups excluding tert-OH is 1. The smallest absolute Gasteiger partial charge is 0.169 e. The number of hydrogen-bond donors (Lipinski definition) is 1. The van der Waals surface area contributed by atoms with Gasteiger partial charge in [0.1, 0.15) is 6.10 Å². The molecule has 2 aliphatic carbocycles. The van der Waals surface area contributed by atoms with Crippen LogP contribution in [0.2, 0.25) is 0 Å². The molecule has 1 saturated heterocycles. The van der Waals surface area contributed by atoms with Gasteiger partial charge in [-0.15, -0.1) is 0 Å². The Balaban J connectivity index is 1.56. The number of carbonyl (C=O) groups excluding carboxylic acids is 1. The molecule has 0 aromatic heterocycles. The van der Waals surface area contributed by atoms with Gasteiger partial charge < -0.3 is 14.6 Å². The van der Waals surface area contributed by atoms with Gasteiger partial charge in [0.25, 0.3) is 0 Å². The van der Waals surface area contributed by atoms with Crippen molar-refractivity contribution in [2.45, 2.75) is 89.1 Å². The number of ether oxygens (including phenoxy) is 2. The van der Waals surface area contributed by atoms with Gasteiger partial charge in [-0.2, -0.15) is 0 Å². The number of Topliss-reactive ketones (excluding diaryl/α,β-unsaturated/α-hetero) is 1. The summed E-state index contributed by atoms with van der Waals surface area (Å²) in [6.45, 7) is 2.22. The SMILES string of the molecule is C[C@@H](C(=O)[C@@H]1COC2(CCCCC2)O1)[C@@H](O)C1CCCCC1. The van der Waals surface area contributed by atoms with Crippen molar-refractivity contribution in [3.63, 3.8) is 0 Å². The minimum atomic E-state index is -0.528. The van der Waals surface area contributed by atoms with Crippen molar-refractivity contribution in [1.29, 1.82) is 0 Å². The van der Waals surface area contributed by atoms with Gasteiger partial charge in [-0.05, 0) is 31.6 Å². The third-order valence-electron chi connectivity index (χ3n) is 5.88. The average Bonchev–Trinajstić information content (AvgIpc) is 2.97. The van der Waals surface area contributed by atoms with E-state index in [4.69, 9.17) is 9.47 Å². The van der Waals surface area contributed by atoms with Crippen LogP contribution in [0.15, 0.2) is 0 Å². The zero-order valence-electron chi connectivity index (χ0n) is 13.8. The highest BCUT2D eigenvalue weighted by Crippen LogP contribution is 2.39. The fourth-order valence-electron chi connectivity index (χ4n) is 4.39. The van der Waals surface area contributed by atoms with Crippen molar-refractivity contribution in [2.24, 2.45) is 11.8 Å². The molecule has 4 nitrogen and oxygen atoms in total. The standard InChI is InChI=1S/C18H30O4/c1-13(16(19)14-8-4-2-5-9-14)17(20)15-12-21-18(22-15)10-6-3-7-11-18/h13-16,19H,2-12H2,1H3/t13-,15+,16-/m1/s1. The number of carbonyl (C=O) groups is 1. The van der Waals surface area contributed by atoms with Crippen LogP contribution < -0.4 is 0 Å². The van der Waals surface area contributed by atoms with E-state index in [1.165, 1.54) is 25.7 Å². The van der Waals surface area contributed by atoms with Crippen LogP contribution in [0.4, 0.5) is 0 Å². The lowest BCUT2D eigenvalue weighted by molar-refractivity contribution is -0.190. The van der Waals surface area contributed by atoms with Crippen molar-refractivity contribution in [3.8, 4) is 0 Å². The number of rotatable bonds is 4. The van der Waals surface area contributed by atoms with Crippen LogP contribution in [-0.4, -0.2) is 35.5 Å². The van der Waals surface area contributed by atoms with E-state index in [2.05, 4.69) is 0 Å². The molecule has 126 valence electrons. The van der Waals surface area contributed by atoms with Gasteiger partial charge in [-0.3, -0.25) is 4.79 Å². The largest absolute Gasteiger partial charge is 0.392 e. The van der Waals surface area contributed by atoms with Crippen molar-refractivity contribution < 1.29 is 19.4 Å². The summed E-state index contributed by atoms with van der Waals surface area (Å²) in [5.41, 5.74) is 0. The summed E-state index contributed by atoms with van der Waals surface area (Å²) in [4.78, 5) is 12.7. The highest BCUT2D eigenvalue weighted by Gasteiger charge is 2.46. The zero-order valence-corrected chi connectivity index (χ0v) is 13.8. The third-order valence-corrected chi connectivity index (χ3v) is 5.88. The van der Waals surface area contributed by atoms with Gasteiger partial charge in [0.05, 0.1) is 12.7 Å². The fraction of sp³-hybridized carbons (Fsp3) is 0.944. The predicted octanol–water partition coefficient (Wildman–Crippen LogP) is 3.21. The molecule has 1 spiro atoms. The van der Waals surface area contributed by atoms with E-state index in [1.54, 1.807) is 0 Å². The zero-order chi connectivity index (χ0) is 15.6. The summed E-state index contributed by atoms with van der Waals surface area (Å²) in [7, 11) is 0. The van der Waals surface area contributed by atoms with Crippen molar-refractivity contribution in [2.75, 3.05) is 6.61 Å². The molecule has 0 bridgehead atoms. The monoisotopic (exact) mass is 310 g/mol. The molecule has 3 rings (SSSR count). The van der Waals surface area contributed by atoms with E-state index in [-0.39, 0.29) is 17.6 Å². The molecule has 3 atom stereocenters. The number of ketones is 1. The maximum Gasteiger partial charge on any atom is 0.169 e. The second kappa shape index (κ2) is 6.98. The molecule has 2 saturated carbocycles. The Morgan fingerprint density at radius 2 is 1.73 bits per heavy atom. The van der Waals surface area contributed by atoms with Crippen LogP contribution in [0.25, 0.3) is 0 Å². The van der Waals surface area contributed by atoms with E-state index in [0.717, 1.165) is 38.5 Å². The van der Waals surface area contributed by atoms with E-state index >= 15 is 0 Å². The van der Waals surface area contributed by atoms with Crippen LogP contribution in [0, 0.1) is 11.8 Å². The Labute approximate surface area is 133 Å². The Hall–Kier alpha value is -0.450. The van der Waals surface area contributed by atoms with Gasteiger partial charge in [-0.25, -0.2) is 0 Å². The second-order valence-electron chi connectivity index (χ2n) is 7.47. The molecule has 3 fully saturated rings. The summed E-state index contributed by atoms with van der Waals surface area (Å²) in [5.74, 6) is -0.553. The lowest BCUT2D eigenvalue weighted by atomic mass is 9.79. The quantitative estimate of drug-likeness (QED) is 0.866. The molecule has 1 heterocycles. The van der Waals surface area contributed by atoms with Crippen LogP contribution in [-0.2, 0) is 14.3 Å². The van der Waals surface area contributed by atoms with Crippen LogP contribution in [0.5, 0.6) is 0 Å². The van der Waals surface area contributed by atoms with E-state index in [0.29, 0.717) is 6.61 Å². The van der Waals surface area contributed by atoms with Crippen LogP contribution in [0.1, 0.15) is 71.1 Å². The maximum absolute atomic E-state index is 12.7. The lowest BCUT2D eigenvalue weighted by Gasteiger charge is -2.33. The summed E-state index contributed by atoms with van der Waals surface area (Å²) >= 11 is 0. The van der Waals surface area contributed by atoms with Gasteiger partial charge in [0.15, 0.2) is 11.6 Å². The normalized spacial score (nSPS) is 32.0. The summed E-state index contributed by atoms with van der Waals surface area (Å²) in [5, 5.41) is 10.6. The Kier molecular flexibility index (Phi) is 5.20. The molecule has 3 aliphatic rings. The molecule has 0 amide bonds. The van der Waals surface area contributed by atoms with Crippen molar-refractivity contribution >= 4 is 5.78 Å². The van der Waals surface area contributed by atoms with Gasteiger partial charge >= 0.3 is 0 Å². The van der Waals surface area contributed by atoms with Gasteiger partial charge in [0, 0.05) is 18.8 Å². The van der Waals surface area contributed by atoms with Gasteiger partial charge in [0.2, 0.25) is 0 Å². The summed E-state index contributed by atoms with van der Waals surface area (Å²) < 4.78 is 11.9. The molecule has 0 unspecified atom stereocenters.